The Morgan fingerprint density at radius 3 is 2.78 bits per heavy atom. The first kappa shape index (κ1) is 12.9. The van der Waals surface area contributed by atoms with E-state index in [1.54, 1.807) is 6.07 Å². The highest BCUT2D eigenvalue weighted by molar-refractivity contribution is 5.94. The fourth-order valence-corrected chi connectivity index (χ4v) is 2.60. The third kappa shape index (κ3) is 2.47. The topological polar surface area (TPSA) is 55.1 Å². The second-order valence-electron chi connectivity index (χ2n) is 5.64. The molecule has 0 radical (unpaired) electrons. The second-order valence-corrected chi connectivity index (χ2v) is 5.64. The summed E-state index contributed by atoms with van der Waals surface area (Å²) in [6, 6.07) is 4.77. The van der Waals surface area contributed by atoms with Gasteiger partial charge in [0, 0.05) is 11.7 Å². The van der Waals surface area contributed by atoms with Gasteiger partial charge in [0.2, 0.25) is 0 Å². The van der Waals surface area contributed by atoms with Gasteiger partial charge in [-0.2, -0.15) is 0 Å². The summed E-state index contributed by atoms with van der Waals surface area (Å²) >= 11 is 0. The van der Waals surface area contributed by atoms with Crippen LogP contribution in [0.5, 0.6) is 0 Å². The minimum Gasteiger partial charge on any atom is -0.382 e. The van der Waals surface area contributed by atoms with E-state index < -0.39 is 11.7 Å². The van der Waals surface area contributed by atoms with Crippen LogP contribution in [0.2, 0.25) is 0 Å². The van der Waals surface area contributed by atoms with Crippen molar-refractivity contribution in [3.05, 3.63) is 29.6 Å². The van der Waals surface area contributed by atoms with Crippen LogP contribution in [0.15, 0.2) is 18.2 Å². The number of carbonyl (C=O) groups excluding carboxylic acids is 1. The van der Waals surface area contributed by atoms with Gasteiger partial charge in [-0.1, -0.05) is 20.3 Å². The summed E-state index contributed by atoms with van der Waals surface area (Å²) in [6.45, 7) is 4.44. The Hall–Kier alpha value is -1.58. The van der Waals surface area contributed by atoms with E-state index in [9.17, 15) is 9.18 Å². The molecule has 1 atom stereocenters. The third-order valence-corrected chi connectivity index (χ3v) is 3.83. The van der Waals surface area contributed by atoms with Gasteiger partial charge < -0.3 is 11.1 Å². The predicted octanol–water partition coefficient (Wildman–Crippen LogP) is 2.92. The van der Waals surface area contributed by atoms with Crippen LogP contribution >= 0.6 is 0 Å². The molecule has 98 valence electrons. The zero-order valence-electron chi connectivity index (χ0n) is 10.8. The largest absolute Gasteiger partial charge is 0.382 e. The van der Waals surface area contributed by atoms with Crippen molar-refractivity contribution in [2.24, 2.45) is 11.1 Å². The van der Waals surface area contributed by atoms with Crippen molar-refractivity contribution < 1.29 is 9.18 Å². The van der Waals surface area contributed by atoms with Crippen molar-refractivity contribution in [1.82, 2.24) is 0 Å². The minimum absolute atomic E-state index is 0.0594. The molecular formula is C14H19FN2O. The number of rotatable bonds is 3. The fourth-order valence-electron chi connectivity index (χ4n) is 2.60. The van der Waals surface area contributed by atoms with E-state index in [0.29, 0.717) is 6.04 Å². The van der Waals surface area contributed by atoms with Gasteiger partial charge >= 0.3 is 0 Å². The third-order valence-electron chi connectivity index (χ3n) is 3.83. The SMILES string of the molecule is CC1(C)CCCC1Nc1ccc(F)c(C(N)=O)c1. The lowest BCUT2D eigenvalue weighted by atomic mass is 9.87. The van der Waals surface area contributed by atoms with E-state index in [0.717, 1.165) is 12.1 Å². The highest BCUT2D eigenvalue weighted by Crippen LogP contribution is 2.39. The Balaban J connectivity index is 2.20. The lowest BCUT2D eigenvalue weighted by Gasteiger charge is -2.28. The van der Waals surface area contributed by atoms with Gasteiger partial charge in [0.1, 0.15) is 5.82 Å². The van der Waals surface area contributed by atoms with Crippen molar-refractivity contribution in [3.63, 3.8) is 0 Å². The summed E-state index contributed by atoms with van der Waals surface area (Å²) < 4.78 is 13.4. The number of primary amides is 1. The molecule has 1 unspecified atom stereocenters. The molecule has 3 nitrogen and oxygen atoms in total. The molecule has 1 aromatic carbocycles. The maximum absolute atomic E-state index is 13.4. The molecular weight excluding hydrogens is 231 g/mol. The molecule has 0 saturated heterocycles. The van der Waals surface area contributed by atoms with E-state index in [2.05, 4.69) is 19.2 Å². The van der Waals surface area contributed by atoms with Crippen LogP contribution in [0.25, 0.3) is 0 Å². The molecule has 0 heterocycles. The highest BCUT2D eigenvalue weighted by Gasteiger charge is 2.34. The van der Waals surface area contributed by atoms with Crippen molar-refractivity contribution in [2.75, 3.05) is 5.32 Å². The highest BCUT2D eigenvalue weighted by atomic mass is 19.1. The van der Waals surface area contributed by atoms with Crippen molar-refractivity contribution >= 4 is 11.6 Å². The van der Waals surface area contributed by atoms with E-state index in [-0.39, 0.29) is 11.0 Å². The van der Waals surface area contributed by atoms with Gasteiger partial charge in [-0.15, -0.1) is 0 Å². The van der Waals surface area contributed by atoms with E-state index in [1.807, 2.05) is 0 Å². The van der Waals surface area contributed by atoms with Crippen molar-refractivity contribution in [2.45, 2.75) is 39.2 Å². The van der Waals surface area contributed by atoms with Crippen molar-refractivity contribution in [3.8, 4) is 0 Å². The molecule has 0 aliphatic heterocycles. The van der Waals surface area contributed by atoms with Crippen LogP contribution in [0, 0.1) is 11.2 Å². The molecule has 18 heavy (non-hydrogen) atoms. The number of hydrogen-bond donors (Lipinski definition) is 2. The van der Waals surface area contributed by atoms with Crippen LogP contribution < -0.4 is 11.1 Å². The first-order valence-corrected chi connectivity index (χ1v) is 6.26. The van der Waals surface area contributed by atoms with Crippen molar-refractivity contribution in [1.29, 1.82) is 0 Å². The number of amides is 1. The fraction of sp³-hybridized carbons (Fsp3) is 0.500. The van der Waals surface area contributed by atoms with Gasteiger partial charge in [0.15, 0.2) is 0 Å². The van der Waals surface area contributed by atoms with Crippen LogP contribution in [-0.2, 0) is 0 Å². The maximum Gasteiger partial charge on any atom is 0.251 e. The number of nitrogens with one attached hydrogen (secondary N) is 1. The lowest BCUT2D eigenvalue weighted by Crippen LogP contribution is -2.30. The zero-order chi connectivity index (χ0) is 13.3. The van der Waals surface area contributed by atoms with Gasteiger partial charge in [-0.3, -0.25) is 4.79 Å². The monoisotopic (exact) mass is 250 g/mol. The lowest BCUT2D eigenvalue weighted by molar-refractivity contribution is 0.0996. The summed E-state index contributed by atoms with van der Waals surface area (Å²) in [7, 11) is 0. The first-order valence-electron chi connectivity index (χ1n) is 6.26. The Labute approximate surface area is 107 Å². The number of carbonyl (C=O) groups is 1. The molecule has 0 bridgehead atoms. The zero-order valence-corrected chi connectivity index (χ0v) is 10.8. The molecule has 1 fully saturated rings. The summed E-state index contributed by atoms with van der Waals surface area (Å²) in [6.07, 6.45) is 3.46. The predicted molar refractivity (Wildman–Crippen MR) is 70.0 cm³/mol. The van der Waals surface area contributed by atoms with Gasteiger partial charge in [-0.25, -0.2) is 4.39 Å². The summed E-state index contributed by atoms with van der Waals surface area (Å²) in [4.78, 5) is 11.1. The normalized spacial score (nSPS) is 21.8. The van der Waals surface area contributed by atoms with E-state index >= 15 is 0 Å². The van der Waals surface area contributed by atoms with Crippen LogP contribution in [0.3, 0.4) is 0 Å². The van der Waals surface area contributed by atoms with Crippen LogP contribution in [0.1, 0.15) is 43.5 Å². The molecule has 0 aromatic heterocycles. The van der Waals surface area contributed by atoms with E-state index in [4.69, 9.17) is 5.73 Å². The number of hydrogen-bond acceptors (Lipinski definition) is 2. The van der Waals surface area contributed by atoms with Gasteiger partial charge in [0.25, 0.3) is 5.91 Å². The average Bonchev–Trinajstić information content (AvgIpc) is 2.60. The quantitative estimate of drug-likeness (QED) is 0.866. The molecule has 1 amide bonds. The number of benzene rings is 1. The number of anilines is 1. The number of halogens is 1. The average molecular weight is 250 g/mol. The molecule has 1 saturated carbocycles. The molecule has 0 spiro atoms. The first-order chi connectivity index (χ1) is 8.40. The molecule has 1 aromatic rings. The van der Waals surface area contributed by atoms with E-state index in [1.165, 1.54) is 25.0 Å². The van der Waals surface area contributed by atoms with Crippen LogP contribution in [-0.4, -0.2) is 11.9 Å². The van der Waals surface area contributed by atoms with Gasteiger partial charge in [-0.05, 0) is 36.5 Å². The smallest absolute Gasteiger partial charge is 0.251 e. The Bertz CT molecular complexity index is 471. The standard InChI is InChI=1S/C14H19FN2O/c1-14(2)7-3-4-12(14)17-9-5-6-11(15)10(8-9)13(16)18/h5-6,8,12,17H,3-4,7H2,1-2H3,(H2,16,18). The summed E-state index contributed by atoms with van der Waals surface area (Å²) in [5, 5.41) is 3.38. The maximum atomic E-state index is 13.4. The molecule has 1 aliphatic carbocycles. The molecule has 4 heteroatoms. The number of nitrogens with two attached hydrogens (primary N) is 1. The molecule has 3 N–H and O–H groups in total. The Morgan fingerprint density at radius 1 is 1.50 bits per heavy atom. The van der Waals surface area contributed by atoms with Crippen LogP contribution in [0.4, 0.5) is 10.1 Å². The molecule has 1 aliphatic rings. The van der Waals surface area contributed by atoms with Gasteiger partial charge in [0.05, 0.1) is 5.56 Å². The molecule has 2 rings (SSSR count). The Kier molecular flexibility index (Phi) is 3.28. The minimum atomic E-state index is -0.734. The summed E-state index contributed by atoms with van der Waals surface area (Å²) in [5.74, 6) is -1.31. The second kappa shape index (κ2) is 4.59. The summed E-state index contributed by atoms with van der Waals surface area (Å²) in [5.41, 5.74) is 6.06. The Morgan fingerprint density at radius 2 is 2.22 bits per heavy atom.